The number of amidine groups is 1. The summed E-state index contributed by atoms with van der Waals surface area (Å²) in [6, 6.07) is 42.5. The molecule has 568 valence electrons. The molecule has 9 aromatic rings. The lowest BCUT2D eigenvalue weighted by atomic mass is 10.0. The van der Waals surface area contributed by atoms with Gasteiger partial charge >= 0.3 is 0 Å². The number of primary amides is 1. The summed E-state index contributed by atoms with van der Waals surface area (Å²) in [7, 11) is 1.88. The van der Waals surface area contributed by atoms with E-state index in [0.29, 0.717) is 63.7 Å². The van der Waals surface area contributed by atoms with Crippen molar-refractivity contribution >= 4 is 27.7 Å². The number of rotatable bonds is 14. The van der Waals surface area contributed by atoms with Crippen molar-refractivity contribution in [1.29, 1.82) is 5.41 Å². The van der Waals surface area contributed by atoms with Crippen molar-refractivity contribution in [3.8, 4) is 0 Å². The third-order valence-electron chi connectivity index (χ3n) is 16.7. The summed E-state index contributed by atoms with van der Waals surface area (Å²) >= 11 is 0. The van der Waals surface area contributed by atoms with Crippen molar-refractivity contribution in [1.82, 2.24) is 34.0 Å². The molecule has 0 bridgehead atoms. The van der Waals surface area contributed by atoms with Crippen LogP contribution in [-0.4, -0.2) is 107 Å². The van der Waals surface area contributed by atoms with E-state index in [2.05, 4.69) is 160 Å². The molecule has 5 N–H and O–H groups in total. The maximum absolute atomic E-state index is 12.4. The van der Waals surface area contributed by atoms with Gasteiger partial charge in [0.05, 0.1) is 10.5 Å². The quantitative estimate of drug-likeness (QED) is 0.0397. The van der Waals surface area contributed by atoms with Crippen LogP contribution in [0.15, 0.2) is 213 Å². The lowest BCUT2D eigenvalue weighted by Crippen LogP contribution is -2.47. The highest BCUT2D eigenvalue weighted by atomic mass is 32.2. The van der Waals surface area contributed by atoms with Crippen LogP contribution in [0.25, 0.3) is 0 Å². The molecule has 0 saturated carbocycles. The van der Waals surface area contributed by atoms with Gasteiger partial charge in [0, 0.05) is 125 Å². The van der Waals surface area contributed by atoms with Crippen LogP contribution in [-0.2, 0) is 10.0 Å². The van der Waals surface area contributed by atoms with Crippen LogP contribution in [0.2, 0.25) is 0 Å². The molecule has 6 aromatic heterocycles. The molecule has 1 saturated heterocycles. The number of likely N-dealkylation sites (N-methyl/N-ethyl adjacent to an activating group) is 1. The van der Waals surface area contributed by atoms with E-state index in [0.717, 1.165) is 63.5 Å². The van der Waals surface area contributed by atoms with Gasteiger partial charge in [-0.3, -0.25) is 34.9 Å². The summed E-state index contributed by atoms with van der Waals surface area (Å²) in [5, 5.41) is 28.5. The van der Waals surface area contributed by atoms with E-state index in [-0.39, 0.29) is 11.7 Å². The predicted molar refractivity (Wildman–Crippen MR) is 432 cm³/mol. The molecule has 1 fully saturated rings. The van der Waals surface area contributed by atoms with Gasteiger partial charge in [-0.1, -0.05) is 179 Å². The molecule has 1 aliphatic rings. The molecule has 0 atom stereocenters. The van der Waals surface area contributed by atoms with E-state index in [1.54, 1.807) is 48.9 Å². The summed E-state index contributed by atoms with van der Waals surface area (Å²) in [4.78, 5) is 43.7. The van der Waals surface area contributed by atoms with Crippen molar-refractivity contribution in [2.24, 2.45) is 11.5 Å². The first-order valence-electron chi connectivity index (χ1n) is 36.2. The van der Waals surface area contributed by atoms with Gasteiger partial charge in [-0.15, -0.1) is 0 Å². The highest BCUT2D eigenvalue weighted by Gasteiger charge is 2.21. The monoisotopic (exact) mass is 1450 g/mol. The first kappa shape index (κ1) is 91.5. The van der Waals surface area contributed by atoms with E-state index in [1.165, 1.54) is 82.1 Å². The Kier molecular flexibility index (Phi) is 41.6. The van der Waals surface area contributed by atoms with Crippen molar-refractivity contribution in [2.45, 2.75) is 190 Å². The highest BCUT2D eigenvalue weighted by Crippen LogP contribution is 2.22. The number of nitrogen functional groups attached to an aromatic ring is 1. The number of benzene rings is 3. The van der Waals surface area contributed by atoms with Crippen molar-refractivity contribution < 1.29 is 27.5 Å². The smallest absolute Gasteiger partial charge is 0.253 e. The summed E-state index contributed by atoms with van der Waals surface area (Å²) < 4.78 is 26.5. The Morgan fingerprint density at radius 3 is 1.27 bits per heavy atom. The summed E-state index contributed by atoms with van der Waals surface area (Å²) in [6.07, 6.45) is 20.5. The molecular weight excluding hydrogens is 1330 g/mol. The van der Waals surface area contributed by atoms with Gasteiger partial charge < -0.3 is 31.7 Å². The number of amides is 2. The van der Waals surface area contributed by atoms with Crippen molar-refractivity contribution in [3.05, 3.63) is 291 Å². The molecule has 2 amide bonds. The number of carbonyl (C=O) groups is 2. The normalized spacial score (nSPS) is 11.8. The van der Waals surface area contributed by atoms with Crippen molar-refractivity contribution in [3.63, 3.8) is 0 Å². The van der Waals surface area contributed by atoms with Gasteiger partial charge in [0.25, 0.3) is 5.91 Å². The topological polar surface area (TPSA) is 259 Å². The van der Waals surface area contributed by atoms with Crippen LogP contribution >= 0.6 is 0 Å². The number of hydrogen-bond donors (Lipinski definition) is 3. The van der Waals surface area contributed by atoms with E-state index in [1.807, 2.05) is 142 Å². The largest absolute Gasteiger partial charge is 0.619 e. The second kappa shape index (κ2) is 47.7. The molecule has 105 heavy (non-hydrogen) atoms. The third-order valence-corrected chi connectivity index (χ3v) is 18.5. The van der Waals surface area contributed by atoms with Crippen LogP contribution < -0.4 is 20.9 Å². The van der Waals surface area contributed by atoms with Gasteiger partial charge in [-0.05, 0) is 178 Å². The minimum absolute atomic E-state index is 0.137. The molecule has 10 rings (SSSR count). The molecule has 0 aliphatic carbocycles. The van der Waals surface area contributed by atoms with Crippen LogP contribution in [0.5, 0.6) is 0 Å². The van der Waals surface area contributed by atoms with E-state index < -0.39 is 15.9 Å². The van der Waals surface area contributed by atoms with Crippen molar-refractivity contribution in [2.75, 3.05) is 47.3 Å². The fraction of sp³-hybridized carbons (Fsp3) is 0.407. The summed E-state index contributed by atoms with van der Waals surface area (Å²) in [5.41, 5.74) is 24.6. The average Bonchev–Trinajstić information content (AvgIpc) is 0.825. The zero-order valence-electron chi connectivity index (χ0n) is 66.7. The summed E-state index contributed by atoms with van der Waals surface area (Å²) in [6.45, 7) is 43.8. The van der Waals surface area contributed by atoms with Crippen LogP contribution in [0.3, 0.4) is 0 Å². The number of sulfonamides is 1. The second-order valence-electron chi connectivity index (χ2n) is 28.7. The van der Waals surface area contributed by atoms with E-state index in [9.17, 15) is 28.4 Å². The molecule has 0 radical (unpaired) electrons. The number of nitrogens with zero attached hydrogens (tertiary/aromatic N) is 9. The Bertz CT molecular complexity index is 3910. The van der Waals surface area contributed by atoms with Crippen LogP contribution in [0.4, 0.5) is 0 Å². The Labute approximate surface area is 630 Å². The molecule has 1 aliphatic heterocycles. The standard InChI is InChI=1S/C15H22N2O.C11H17NO2S.C10H14N2.C9H12N2O.C9H13N.2C8H11NO.2C8H11N/c1-12(2)13-5-4-6-14(11-13)15(18)17-9-7-16(3)8-10-17;1-9(2)10-6-5-7-11(8-10)15(13,14)12(3)4;1-7(2)8-4-3-5-9(6-8)10(11)12;1-6(2)7-3-8(9(10)12)5-11-4-7;1-7(2)9-4-8(3)5-10-6-9;1-7(2)8-3-5-9(10)6-4-8;1-7(2)8-4-3-5-9(10)6-8;1-7(2)8-3-5-9-6-4-8;1-7(2)8-4-3-5-9-6-8/h4-6,11-12H,7-10H2,1-3H3;5-9H,1-4H3;3-7H,1-2H3,(H3,11,12);3-6H,1-2H3,(H2,10,12);4-7H,1-3H3;2*3-7H,1-2H3;2*3-7H,1-2H3. The average molecular weight is 1450 g/mol. The molecule has 18 nitrogen and oxygen atoms in total. The van der Waals surface area contributed by atoms with Crippen LogP contribution in [0, 0.1) is 22.7 Å². The molecule has 3 aromatic carbocycles. The fourth-order valence-corrected chi connectivity index (χ4v) is 10.4. The number of nitrogens with two attached hydrogens (primary N) is 2. The Balaban J connectivity index is 0.000000405. The molecule has 0 spiro atoms. The number of piperazine rings is 1. The lowest BCUT2D eigenvalue weighted by molar-refractivity contribution is -0.606. The molecule has 0 unspecified atom stereocenters. The van der Waals surface area contributed by atoms with Gasteiger partial charge in [-0.2, -0.15) is 9.46 Å². The minimum atomic E-state index is -3.30. The van der Waals surface area contributed by atoms with E-state index >= 15 is 0 Å². The Hall–Kier alpha value is -9.56. The predicted octanol–water partition coefficient (Wildman–Crippen LogP) is 17.5. The molecule has 7 heterocycles. The first-order valence-corrected chi connectivity index (χ1v) is 37.7. The van der Waals surface area contributed by atoms with E-state index in [4.69, 9.17) is 16.9 Å². The fourth-order valence-electron chi connectivity index (χ4n) is 9.42. The highest BCUT2D eigenvalue weighted by molar-refractivity contribution is 7.89. The SMILES string of the molecule is CC(C)c1cc[n+]([O-])cc1.CC(C)c1ccc[n+]([O-])c1.CC(C)c1cccc(C(=N)N)c1.CC(C)c1cccc(C(=O)N2CCN(C)CC2)c1.CC(C)c1cccc(S(=O)(=O)N(C)C)c1.CC(C)c1cccnc1.CC(C)c1ccncc1.CC(C)c1cncc(C(N)=O)c1.Cc1cncc(C(C)C)c1. The first-order chi connectivity index (χ1) is 49.4. The van der Waals surface area contributed by atoms with Crippen LogP contribution in [0.1, 0.15) is 260 Å². The maximum atomic E-state index is 12.4. The summed E-state index contributed by atoms with van der Waals surface area (Å²) in [5.74, 6) is 4.28. The van der Waals surface area contributed by atoms with Gasteiger partial charge in [-0.25, -0.2) is 12.7 Å². The molecule has 19 heteroatoms. The van der Waals surface area contributed by atoms with Gasteiger partial charge in [0.15, 0.2) is 24.8 Å². The minimum Gasteiger partial charge on any atom is -0.619 e. The number of pyridine rings is 6. The number of aryl methyl sites for hydroxylation is 1. The van der Waals surface area contributed by atoms with Gasteiger partial charge in [0.2, 0.25) is 15.9 Å². The number of hydrogen-bond acceptors (Lipinski definition) is 12. The second-order valence-corrected chi connectivity index (χ2v) is 30.9. The number of aromatic nitrogens is 6. The zero-order chi connectivity index (χ0) is 79.1. The Morgan fingerprint density at radius 1 is 0.438 bits per heavy atom. The number of nitrogens with one attached hydrogen (secondary N) is 1. The Morgan fingerprint density at radius 2 is 0.857 bits per heavy atom. The zero-order valence-corrected chi connectivity index (χ0v) is 67.5. The lowest BCUT2D eigenvalue weighted by Gasteiger charge is -2.32. The van der Waals surface area contributed by atoms with Gasteiger partial charge in [0.1, 0.15) is 5.84 Å². The third kappa shape index (κ3) is 35.7. The maximum Gasteiger partial charge on any atom is 0.253 e. The number of carbonyl (C=O) groups excluding carboxylic acids is 2. The molecular formula is C86H122N12O6S.